The number of hydrogen-bond acceptors (Lipinski definition) is 3. The summed E-state index contributed by atoms with van der Waals surface area (Å²) in [7, 11) is -3.94. The minimum absolute atomic E-state index is 0.0438. The van der Waals surface area contributed by atoms with E-state index in [0.717, 1.165) is 23.0 Å². The van der Waals surface area contributed by atoms with E-state index in [0.29, 0.717) is 19.0 Å². The zero-order chi connectivity index (χ0) is 21.3. The van der Waals surface area contributed by atoms with E-state index in [9.17, 15) is 22.0 Å². The molecule has 30 heavy (non-hydrogen) atoms. The molecule has 3 aromatic rings. The highest BCUT2D eigenvalue weighted by molar-refractivity contribution is 7.89. The molecule has 9 heteroatoms. The highest BCUT2D eigenvalue weighted by Crippen LogP contribution is 2.20. The highest BCUT2D eigenvalue weighted by Gasteiger charge is 2.30. The van der Waals surface area contributed by atoms with E-state index in [1.54, 1.807) is 4.90 Å². The summed E-state index contributed by atoms with van der Waals surface area (Å²) in [6.45, 7) is 1.28. The third kappa shape index (κ3) is 3.95. The number of benzene rings is 2. The molecule has 0 radical (unpaired) electrons. The lowest BCUT2D eigenvalue weighted by atomic mass is 10.2. The van der Waals surface area contributed by atoms with Crippen LogP contribution >= 0.6 is 0 Å². The van der Waals surface area contributed by atoms with E-state index in [4.69, 9.17) is 0 Å². The van der Waals surface area contributed by atoms with Crippen molar-refractivity contribution in [2.45, 2.75) is 17.9 Å². The number of nitrogens with zero attached hydrogens (tertiary/aromatic N) is 3. The molecule has 1 fully saturated rings. The molecule has 4 rings (SSSR count). The number of halogens is 2. The molecule has 1 aliphatic heterocycles. The van der Waals surface area contributed by atoms with Gasteiger partial charge in [0.1, 0.15) is 0 Å². The van der Waals surface area contributed by atoms with Crippen molar-refractivity contribution < 1.29 is 22.0 Å². The summed E-state index contributed by atoms with van der Waals surface area (Å²) in [5.41, 5.74) is 1.06. The van der Waals surface area contributed by atoms with Crippen molar-refractivity contribution in [2.24, 2.45) is 0 Å². The van der Waals surface area contributed by atoms with Crippen LogP contribution in [0.1, 0.15) is 6.42 Å². The van der Waals surface area contributed by atoms with Gasteiger partial charge in [-0.05, 0) is 35.7 Å². The van der Waals surface area contributed by atoms with Gasteiger partial charge in [-0.1, -0.05) is 18.2 Å². The Morgan fingerprint density at radius 2 is 1.67 bits per heavy atom. The lowest BCUT2D eigenvalue weighted by Gasteiger charge is -2.34. The summed E-state index contributed by atoms with van der Waals surface area (Å²) in [4.78, 5) is 13.9. The van der Waals surface area contributed by atoms with Gasteiger partial charge in [0.15, 0.2) is 11.6 Å². The minimum Gasteiger partial charge on any atom is -0.347 e. The number of fused-ring (bicyclic) bond motifs is 1. The van der Waals surface area contributed by atoms with Crippen molar-refractivity contribution >= 4 is 26.8 Å². The fraction of sp³-hybridized carbons (Fsp3) is 0.286. The number of carbonyl (C=O) groups is 1. The molecular formula is C21H21F2N3O3S. The van der Waals surface area contributed by atoms with Crippen LogP contribution in [0.5, 0.6) is 0 Å². The number of para-hydroxylation sites is 1. The molecule has 1 amide bonds. The van der Waals surface area contributed by atoms with Gasteiger partial charge in [0.05, 0.1) is 4.90 Å². The van der Waals surface area contributed by atoms with Crippen molar-refractivity contribution in [3.63, 3.8) is 0 Å². The lowest BCUT2D eigenvalue weighted by molar-refractivity contribution is -0.132. The van der Waals surface area contributed by atoms with Gasteiger partial charge in [0, 0.05) is 50.9 Å². The topological polar surface area (TPSA) is 62.6 Å². The molecule has 1 aromatic heterocycles. The summed E-state index contributed by atoms with van der Waals surface area (Å²) < 4.78 is 55.1. The monoisotopic (exact) mass is 433 g/mol. The summed E-state index contributed by atoms with van der Waals surface area (Å²) in [6.07, 6.45) is 2.26. The Morgan fingerprint density at radius 1 is 0.933 bits per heavy atom. The first-order valence-corrected chi connectivity index (χ1v) is 11.1. The maximum Gasteiger partial charge on any atom is 0.243 e. The van der Waals surface area contributed by atoms with Gasteiger partial charge in [0.25, 0.3) is 0 Å². The van der Waals surface area contributed by atoms with Crippen LogP contribution in [0, 0.1) is 11.6 Å². The molecule has 6 nitrogen and oxygen atoms in total. The number of sulfonamides is 1. The van der Waals surface area contributed by atoms with Gasteiger partial charge in [-0.25, -0.2) is 17.2 Å². The molecule has 1 saturated heterocycles. The van der Waals surface area contributed by atoms with Crippen LogP contribution in [0.2, 0.25) is 0 Å². The molecule has 0 N–H and O–H groups in total. The maximum absolute atomic E-state index is 13.4. The third-order valence-electron chi connectivity index (χ3n) is 5.37. The van der Waals surface area contributed by atoms with Crippen LogP contribution in [-0.2, 0) is 21.4 Å². The van der Waals surface area contributed by atoms with E-state index < -0.39 is 21.7 Å². The fourth-order valence-corrected chi connectivity index (χ4v) is 5.11. The minimum atomic E-state index is -3.94. The number of carbonyl (C=O) groups excluding carboxylic acids is 1. The lowest BCUT2D eigenvalue weighted by Crippen LogP contribution is -2.50. The van der Waals surface area contributed by atoms with E-state index in [2.05, 4.69) is 0 Å². The molecule has 0 saturated carbocycles. The van der Waals surface area contributed by atoms with E-state index in [1.807, 2.05) is 41.1 Å². The van der Waals surface area contributed by atoms with Crippen LogP contribution in [0.25, 0.3) is 10.9 Å². The van der Waals surface area contributed by atoms with Crippen LogP contribution in [0.15, 0.2) is 59.6 Å². The van der Waals surface area contributed by atoms with Gasteiger partial charge in [-0.15, -0.1) is 0 Å². The summed E-state index contributed by atoms with van der Waals surface area (Å²) in [5.74, 6) is -2.35. The Hall–Kier alpha value is -2.78. The van der Waals surface area contributed by atoms with Crippen molar-refractivity contribution in [1.82, 2.24) is 13.8 Å². The molecular weight excluding hydrogens is 412 g/mol. The highest BCUT2D eigenvalue weighted by atomic mass is 32.2. The Kier molecular flexibility index (Phi) is 5.57. The Bertz CT molecular complexity index is 1190. The van der Waals surface area contributed by atoms with Gasteiger partial charge >= 0.3 is 0 Å². The molecule has 0 unspecified atom stereocenters. The first-order chi connectivity index (χ1) is 14.4. The molecule has 0 atom stereocenters. The maximum atomic E-state index is 13.4. The summed E-state index contributed by atoms with van der Waals surface area (Å²) in [5, 5.41) is 1.11. The van der Waals surface area contributed by atoms with Crippen molar-refractivity contribution in [2.75, 3.05) is 26.2 Å². The molecule has 0 bridgehead atoms. The molecule has 2 aromatic carbocycles. The molecule has 2 heterocycles. The number of rotatable bonds is 5. The van der Waals surface area contributed by atoms with Crippen LogP contribution < -0.4 is 0 Å². The average molecular weight is 433 g/mol. The molecule has 1 aliphatic rings. The zero-order valence-electron chi connectivity index (χ0n) is 16.2. The van der Waals surface area contributed by atoms with E-state index >= 15 is 0 Å². The Balaban J connectivity index is 1.35. The van der Waals surface area contributed by atoms with Crippen molar-refractivity contribution in [3.05, 3.63) is 66.4 Å². The van der Waals surface area contributed by atoms with E-state index in [1.165, 1.54) is 4.31 Å². The Morgan fingerprint density at radius 3 is 2.40 bits per heavy atom. The van der Waals surface area contributed by atoms with Crippen LogP contribution in [0.3, 0.4) is 0 Å². The van der Waals surface area contributed by atoms with Gasteiger partial charge in [-0.2, -0.15) is 4.31 Å². The number of aryl methyl sites for hydroxylation is 1. The fourth-order valence-electron chi connectivity index (χ4n) is 3.67. The third-order valence-corrected chi connectivity index (χ3v) is 7.26. The molecule has 0 aliphatic carbocycles. The molecule has 158 valence electrons. The van der Waals surface area contributed by atoms with Crippen molar-refractivity contribution in [3.8, 4) is 0 Å². The first kappa shape index (κ1) is 20.5. The van der Waals surface area contributed by atoms with Gasteiger partial charge in [0.2, 0.25) is 15.9 Å². The van der Waals surface area contributed by atoms with Crippen LogP contribution in [-0.4, -0.2) is 54.3 Å². The van der Waals surface area contributed by atoms with Crippen molar-refractivity contribution in [1.29, 1.82) is 0 Å². The standard InChI is InChI=1S/C21H21F2N3O3S/c22-18-6-5-17(15-19(18)23)30(28,29)26-13-11-25(12-14-26)21(27)8-10-24-9-7-16-3-1-2-4-20(16)24/h1-7,9,15H,8,10-14H2. The second-order valence-electron chi connectivity index (χ2n) is 7.18. The largest absolute Gasteiger partial charge is 0.347 e. The Labute approximate surface area is 173 Å². The van der Waals surface area contributed by atoms with Gasteiger partial charge in [-0.3, -0.25) is 4.79 Å². The average Bonchev–Trinajstić information content (AvgIpc) is 3.17. The SMILES string of the molecule is O=C(CCn1ccc2ccccc21)N1CCN(S(=O)(=O)c2ccc(F)c(F)c2)CC1. The second kappa shape index (κ2) is 8.16. The first-order valence-electron chi connectivity index (χ1n) is 9.63. The number of hydrogen-bond donors (Lipinski definition) is 0. The second-order valence-corrected chi connectivity index (χ2v) is 9.12. The normalized spacial score (nSPS) is 15.6. The van der Waals surface area contributed by atoms with Gasteiger partial charge < -0.3 is 9.47 Å². The number of piperazine rings is 1. The predicted octanol–water partition coefficient (Wildman–Crippen LogP) is 2.84. The van der Waals surface area contributed by atoms with Crippen LogP contribution in [0.4, 0.5) is 8.78 Å². The summed E-state index contributed by atoms with van der Waals surface area (Å²) >= 11 is 0. The quantitative estimate of drug-likeness (QED) is 0.622. The number of amides is 1. The smallest absolute Gasteiger partial charge is 0.243 e. The number of aromatic nitrogens is 1. The molecule has 0 spiro atoms. The van der Waals surface area contributed by atoms with E-state index in [-0.39, 0.29) is 37.0 Å². The zero-order valence-corrected chi connectivity index (χ0v) is 17.0. The predicted molar refractivity (Wildman–Crippen MR) is 108 cm³/mol. The summed E-state index contributed by atoms with van der Waals surface area (Å²) in [6, 6.07) is 12.5.